The van der Waals surface area contributed by atoms with Gasteiger partial charge in [-0.2, -0.15) is 8.42 Å². The first kappa shape index (κ1) is 24.2. The van der Waals surface area contributed by atoms with E-state index in [2.05, 4.69) is 41.3 Å². The number of hydrogen-bond donors (Lipinski definition) is 0. The van der Waals surface area contributed by atoms with Gasteiger partial charge in [-0.3, -0.25) is 9.08 Å². The molecule has 0 N–H and O–H groups in total. The Labute approximate surface area is 193 Å². The summed E-state index contributed by atoms with van der Waals surface area (Å²) >= 11 is 0. The predicted octanol–water partition coefficient (Wildman–Crippen LogP) is 5.64. The molecule has 0 aliphatic carbocycles. The molecule has 0 bridgehead atoms. The average molecular weight is 452 g/mol. The van der Waals surface area contributed by atoms with Crippen LogP contribution in [0, 0.1) is 12.8 Å². The molecule has 1 saturated heterocycles. The summed E-state index contributed by atoms with van der Waals surface area (Å²) in [6.45, 7) is 8.66. The molecular weight excluding hydrogens is 418 g/mol. The van der Waals surface area contributed by atoms with Crippen molar-refractivity contribution < 1.29 is 12.6 Å². The van der Waals surface area contributed by atoms with Gasteiger partial charge in [0, 0.05) is 31.5 Å². The van der Waals surface area contributed by atoms with Crippen LogP contribution in [0.3, 0.4) is 0 Å². The van der Waals surface area contributed by atoms with Crippen LogP contribution in [-0.4, -0.2) is 33.0 Å². The first-order valence-electron chi connectivity index (χ1n) is 11.3. The number of benzene rings is 3. The minimum absolute atomic E-state index is 0.108. The average Bonchev–Trinajstić information content (AvgIpc) is 3.23. The zero-order valence-corrected chi connectivity index (χ0v) is 20.0. The molecule has 3 aromatic carbocycles. The lowest BCUT2D eigenvalue weighted by Crippen LogP contribution is -2.22. The van der Waals surface area contributed by atoms with Crippen LogP contribution in [-0.2, 0) is 20.8 Å². The van der Waals surface area contributed by atoms with Crippen LogP contribution in [0.2, 0.25) is 0 Å². The highest BCUT2D eigenvalue weighted by Crippen LogP contribution is 2.34. The Balaban J connectivity index is 0.00000141. The fourth-order valence-corrected chi connectivity index (χ4v) is 5.09. The standard InChI is InChI=1S/C25H27NO3S.C2H6/c1-20-12-14-24(15-13-20)30(27,28)29-19-23-17-26(16-21-8-4-2-5-9-21)18-25(23)22-10-6-3-7-11-22;1-2/h2-15,23,25H,16-19H2,1H3;1-2H3/t23-,25-;/m0./s1. The molecule has 0 radical (unpaired) electrons. The van der Waals surface area contributed by atoms with Gasteiger partial charge in [0.1, 0.15) is 0 Å². The largest absolute Gasteiger partial charge is 0.298 e. The summed E-state index contributed by atoms with van der Waals surface area (Å²) in [5, 5.41) is 0. The van der Waals surface area contributed by atoms with Gasteiger partial charge in [0.2, 0.25) is 0 Å². The minimum Gasteiger partial charge on any atom is -0.298 e. The zero-order chi connectivity index (χ0) is 23.0. The summed E-state index contributed by atoms with van der Waals surface area (Å²) in [6, 6.07) is 27.5. The van der Waals surface area contributed by atoms with Gasteiger partial charge in [-0.15, -0.1) is 0 Å². The van der Waals surface area contributed by atoms with E-state index in [1.807, 2.05) is 45.0 Å². The summed E-state index contributed by atoms with van der Waals surface area (Å²) < 4.78 is 30.9. The predicted molar refractivity (Wildman–Crippen MR) is 130 cm³/mol. The first-order chi connectivity index (χ1) is 15.5. The molecule has 1 aliphatic rings. The van der Waals surface area contributed by atoms with E-state index >= 15 is 0 Å². The first-order valence-corrected chi connectivity index (χ1v) is 12.7. The quantitative estimate of drug-likeness (QED) is 0.436. The van der Waals surface area contributed by atoms with E-state index < -0.39 is 10.1 Å². The van der Waals surface area contributed by atoms with E-state index in [1.54, 1.807) is 24.3 Å². The summed E-state index contributed by atoms with van der Waals surface area (Å²) in [5.41, 5.74) is 3.51. The molecule has 0 spiro atoms. The Morgan fingerprint density at radius 1 is 0.844 bits per heavy atom. The molecule has 2 atom stereocenters. The molecule has 0 amide bonds. The van der Waals surface area contributed by atoms with Crippen molar-refractivity contribution in [2.24, 2.45) is 5.92 Å². The third-order valence-electron chi connectivity index (χ3n) is 5.74. The number of likely N-dealkylation sites (tertiary alicyclic amines) is 1. The number of hydrogen-bond acceptors (Lipinski definition) is 4. The lowest BCUT2D eigenvalue weighted by Gasteiger charge is -2.18. The maximum atomic E-state index is 12.7. The van der Waals surface area contributed by atoms with E-state index in [9.17, 15) is 8.42 Å². The highest BCUT2D eigenvalue weighted by atomic mass is 32.2. The molecule has 32 heavy (non-hydrogen) atoms. The van der Waals surface area contributed by atoms with Gasteiger partial charge in [-0.25, -0.2) is 0 Å². The summed E-state index contributed by atoms with van der Waals surface area (Å²) in [6.07, 6.45) is 0. The van der Waals surface area contributed by atoms with E-state index in [1.165, 1.54) is 11.1 Å². The molecule has 0 saturated carbocycles. The van der Waals surface area contributed by atoms with Crippen molar-refractivity contribution in [3.05, 3.63) is 102 Å². The van der Waals surface area contributed by atoms with Gasteiger partial charge >= 0.3 is 0 Å². The van der Waals surface area contributed by atoms with E-state index in [0.29, 0.717) is 0 Å². The van der Waals surface area contributed by atoms with Crippen LogP contribution < -0.4 is 0 Å². The molecule has 170 valence electrons. The summed E-state index contributed by atoms with van der Waals surface area (Å²) in [7, 11) is -3.77. The Morgan fingerprint density at radius 2 is 1.44 bits per heavy atom. The van der Waals surface area contributed by atoms with Crippen LogP contribution >= 0.6 is 0 Å². The second kappa shape index (κ2) is 11.4. The topological polar surface area (TPSA) is 46.6 Å². The Hall–Kier alpha value is -2.47. The van der Waals surface area contributed by atoms with Crippen molar-refractivity contribution in [3.8, 4) is 0 Å². The second-order valence-corrected chi connectivity index (χ2v) is 9.62. The van der Waals surface area contributed by atoms with E-state index in [4.69, 9.17) is 4.18 Å². The number of aryl methyl sites for hydroxylation is 1. The highest BCUT2D eigenvalue weighted by molar-refractivity contribution is 7.86. The Morgan fingerprint density at radius 3 is 2.06 bits per heavy atom. The third kappa shape index (κ3) is 6.28. The zero-order valence-electron chi connectivity index (χ0n) is 19.1. The third-order valence-corrected chi connectivity index (χ3v) is 7.04. The summed E-state index contributed by atoms with van der Waals surface area (Å²) in [4.78, 5) is 2.60. The maximum absolute atomic E-state index is 12.7. The van der Waals surface area contributed by atoms with Gasteiger partial charge in [0.25, 0.3) is 10.1 Å². The van der Waals surface area contributed by atoms with Crippen LogP contribution in [0.15, 0.2) is 89.8 Å². The smallest absolute Gasteiger partial charge is 0.296 e. The Kier molecular flexibility index (Phi) is 8.62. The lowest BCUT2D eigenvalue weighted by atomic mass is 9.90. The van der Waals surface area contributed by atoms with Gasteiger partial charge in [-0.05, 0) is 30.2 Å². The number of rotatable bonds is 7. The van der Waals surface area contributed by atoms with Gasteiger partial charge in [-0.1, -0.05) is 92.2 Å². The van der Waals surface area contributed by atoms with Gasteiger partial charge in [0.05, 0.1) is 11.5 Å². The van der Waals surface area contributed by atoms with Gasteiger partial charge < -0.3 is 0 Å². The van der Waals surface area contributed by atoms with Crippen LogP contribution in [0.1, 0.15) is 36.5 Å². The van der Waals surface area contributed by atoms with Crippen molar-refractivity contribution >= 4 is 10.1 Å². The monoisotopic (exact) mass is 451 g/mol. The van der Waals surface area contributed by atoms with Crippen molar-refractivity contribution in [3.63, 3.8) is 0 Å². The molecule has 0 aromatic heterocycles. The molecule has 1 fully saturated rings. The van der Waals surface area contributed by atoms with Crippen LogP contribution in [0.4, 0.5) is 0 Å². The molecule has 1 aliphatic heterocycles. The Bertz CT molecular complexity index is 1050. The normalized spacial score (nSPS) is 18.7. The second-order valence-electron chi connectivity index (χ2n) is 8.01. The molecule has 0 unspecified atom stereocenters. The minimum atomic E-state index is -3.77. The van der Waals surface area contributed by atoms with Crippen molar-refractivity contribution in [2.45, 2.75) is 38.1 Å². The van der Waals surface area contributed by atoms with E-state index in [0.717, 1.165) is 25.2 Å². The fourth-order valence-electron chi connectivity index (χ4n) is 4.13. The van der Waals surface area contributed by atoms with Crippen molar-refractivity contribution in [1.82, 2.24) is 4.90 Å². The number of nitrogens with zero attached hydrogens (tertiary/aromatic N) is 1. The fraction of sp³-hybridized carbons (Fsp3) is 0.333. The van der Waals surface area contributed by atoms with Crippen LogP contribution in [0.5, 0.6) is 0 Å². The maximum Gasteiger partial charge on any atom is 0.296 e. The summed E-state index contributed by atoms with van der Waals surface area (Å²) in [5.74, 6) is 0.347. The van der Waals surface area contributed by atoms with E-state index in [-0.39, 0.29) is 23.3 Å². The molecule has 1 heterocycles. The highest BCUT2D eigenvalue weighted by Gasteiger charge is 2.35. The molecule has 4 rings (SSSR count). The molecule has 3 aromatic rings. The van der Waals surface area contributed by atoms with Crippen LogP contribution in [0.25, 0.3) is 0 Å². The lowest BCUT2D eigenvalue weighted by molar-refractivity contribution is 0.237. The SMILES string of the molecule is CC.Cc1ccc(S(=O)(=O)OC[C@@H]2CN(Cc3ccccc3)C[C@H]2c2ccccc2)cc1. The molecule has 5 heteroatoms. The van der Waals surface area contributed by atoms with Crippen molar-refractivity contribution in [1.29, 1.82) is 0 Å². The van der Waals surface area contributed by atoms with Gasteiger partial charge in [0.15, 0.2) is 0 Å². The molecule has 4 nitrogen and oxygen atoms in total. The van der Waals surface area contributed by atoms with Crippen molar-refractivity contribution in [2.75, 3.05) is 19.7 Å². The molecular formula is C27H33NO3S.